The molecule has 0 bridgehead atoms. The van der Waals surface area contributed by atoms with Crippen LogP contribution in [0.5, 0.6) is 0 Å². The van der Waals surface area contributed by atoms with Crippen LogP contribution in [0.2, 0.25) is 0 Å². The summed E-state index contributed by atoms with van der Waals surface area (Å²) >= 11 is 0. The molecule has 0 radical (unpaired) electrons. The number of rotatable bonds is 14. The first kappa shape index (κ1) is 35.7. The summed E-state index contributed by atoms with van der Waals surface area (Å²) in [5.74, 6) is -2.80. The maximum Gasteiger partial charge on any atom is 0.408 e. The first-order valence-corrected chi connectivity index (χ1v) is 15.3. The van der Waals surface area contributed by atoms with Gasteiger partial charge in [0.1, 0.15) is 23.5 Å². The van der Waals surface area contributed by atoms with Crippen LogP contribution in [-0.2, 0) is 41.5 Å². The van der Waals surface area contributed by atoms with Crippen molar-refractivity contribution >= 4 is 29.8 Å². The molecule has 4 atom stereocenters. The Morgan fingerprint density at radius 1 is 0.935 bits per heavy atom. The van der Waals surface area contributed by atoms with Gasteiger partial charge in [-0.3, -0.25) is 14.4 Å². The van der Waals surface area contributed by atoms with Crippen LogP contribution in [0.15, 0.2) is 66.7 Å². The van der Waals surface area contributed by atoms with Gasteiger partial charge in [-0.15, -0.1) is 0 Å². The van der Waals surface area contributed by atoms with Gasteiger partial charge in [-0.25, -0.2) is 14.0 Å². The molecule has 0 saturated carbocycles. The molecule has 1 aliphatic heterocycles. The summed E-state index contributed by atoms with van der Waals surface area (Å²) in [7, 11) is 0. The molecule has 1 saturated heterocycles. The Bertz CT molecular complexity index is 1380. The molecular weight excluding hydrogens is 595 g/mol. The summed E-state index contributed by atoms with van der Waals surface area (Å²) in [6.45, 7) is 7.41. The number of nitrogens with one attached hydrogen (secondary N) is 4. The van der Waals surface area contributed by atoms with Crippen molar-refractivity contribution in [3.05, 3.63) is 83.7 Å². The Morgan fingerprint density at radius 2 is 1.54 bits per heavy atom. The summed E-state index contributed by atoms with van der Waals surface area (Å²) in [5, 5.41) is 11.0. The number of carbonyl (C=O) groups is 5. The highest BCUT2D eigenvalue weighted by Crippen LogP contribution is 2.18. The minimum Gasteiger partial charge on any atom is -0.463 e. The van der Waals surface area contributed by atoms with Gasteiger partial charge < -0.3 is 30.7 Å². The average Bonchev–Trinajstić information content (AvgIpc) is 3.39. The molecular formula is C34H43FN4O7. The molecule has 0 spiro atoms. The molecule has 248 valence electrons. The Morgan fingerprint density at radius 3 is 2.13 bits per heavy atom. The lowest BCUT2D eigenvalue weighted by Gasteiger charge is -2.26. The first-order valence-electron chi connectivity index (χ1n) is 15.3. The van der Waals surface area contributed by atoms with Gasteiger partial charge in [0.2, 0.25) is 17.7 Å². The van der Waals surface area contributed by atoms with E-state index in [4.69, 9.17) is 9.47 Å². The number of esters is 1. The highest BCUT2D eigenvalue weighted by molar-refractivity contribution is 5.92. The highest BCUT2D eigenvalue weighted by Gasteiger charge is 2.31. The zero-order chi connectivity index (χ0) is 33.7. The molecule has 4 N–H and O–H groups in total. The lowest BCUT2D eigenvalue weighted by atomic mass is 9.97. The Hall–Kier alpha value is -4.74. The van der Waals surface area contributed by atoms with Crippen LogP contribution in [0, 0.1) is 11.7 Å². The average molecular weight is 639 g/mol. The molecule has 1 heterocycles. The fourth-order valence-corrected chi connectivity index (χ4v) is 4.88. The van der Waals surface area contributed by atoms with Crippen molar-refractivity contribution in [2.75, 3.05) is 13.2 Å². The van der Waals surface area contributed by atoms with Crippen LogP contribution in [0.3, 0.4) is 0 Å². The maximum atomic E-state index is 13.8. The van der Waals surface area contributed by atoms with Crippen molar-refractivity contribution in [1.82, 2.24) is 21.3 Å². The Labute approximate surface area is 268 Å². The van der Waals surface area contributed by atoms with Crippen LogP contribution >= 0.6 is 0 Å². The molecule has 2 aromatic carbocycles. The van der Waals surface area contributed by atoms with Crippen molar-refractivity contribution in [3.63, 3.8) is 0 Å². The molecule has 46 heavy (non-hydrogen) atoms. The number of hydrogen-bond acceptors (Lipinski definition) is 7. The zero-order valence-corrected chi connectivity index (χ0v) is 26.6. The number of alkyl carbamates (subject to hydrolysis) is 1. The minimum absolute atomic E-state index is 0.00722. The van der Waals surface area contributed by atoms with Gasteiger partial charge in [-0.2, -0.15) is 0 Å². The standard InChI is InChI=1S/C34H43FN4O7/c1-5-45-29(40)16-15-26(21-24-17-18-36-30(24)41)37-31(42)27(19-22-9-7-6-8-10-22)38-32(43)28(39-33(44)46-34(2,3)4)20-23-11-13-25(35)14-12-23/h6-16,24,26-28H,5,17-21H2,1-4H3,(H,36,41)(H,37,42)(H,38,43)(H,39,44)/b16-15+/t24-,26+,27-,28+/m0/s1. The molecule has 3 rings (SSSR count). The SMILES string of the molecule is CCOC(=O)/C=C/[C@H](C[C@@H]1CCNC1=O)NC(=O)[C@H](Cc1ccccc1)NC(=O)[C@@H](Cc1ccc(F)cc1)NC(=O)OC(C)(C)C. The van der Waals surface area contributed by atoms with Crippen LogP contribution in [0.25, 0.3) is 0 Å². The third kappa shape index (κ3) is 12.3. The van der Waals surface area contributed by atoms with E-state index in [-0.39, 0.29) is 37.7 Å². The monoisotopic (exact) mass is 638 g/mol. The lowest BCUT2D eigenvalue weighted by Crippen LogP contribution is -2.56. The zero-order valence-electron chi connectivity index (χ0n) is 26.6. The molecule has 1 aliphatic rings. The molecule has 1 fully saturated rings. The van der Waals surface area contributed by atoms with E-state index >= 15 is 0 Å². The highest BCUT2D eigenvalue weighted by atomic mass is 19.1. The van der Waals surface area contributed by atoms with Gasteiger partial charge in [0.05, 0.1) is 6.61 Å². The van der Waals surface area contributed by atoms with Gasteiger partial charge in [-0.05, 0) is 63.8 Å². The van der Waals surface area contributed by atoms with E-state index in [1.807, 2.05) is 18.2 Å². The minimum atomic E-state index is -1.17. The van der Waals surface area contributed by atoms with Gasteiger partial charge in [-0.1, -0.05) is 48.5 Å². The van der Waals surface area contributed by atoms with Crippen LogP contribution in [0.4, 0.5) is 9.18 Å². The number of amides is 4. The van der Waals surface area contributed by atoms with E-state index in [9.17, 15) is 28.4 Å². The predicted molar refractivity (Wildman–Crippen MR) is 169 cm³/mol. The van der Waals surface area contributed by atoms with Gasteiger partial charge in [0, 0.05) is 37.4 Å². The topological polar surface area (TPSA) is 152 Å². The quantitative estimate of drug-likeness (QED) is 0.183. The second-order valence-corrected chi connectivity index (χ2v) is 12.0. The molecule has 12 heteroatoms. The molecule has 2 aromatic rings. The van der Waals surface area contributed by atoms with E-state index in [2.05, 4.69) is 21.3 Å². The summed E-state index contributed by atoms with van der Waals surface area (Å²) in [4.78, 5) is 64.6. The van der Waals surface area contributed by atoms with Crippen molar-refractivity contribution in [1.29, 1.82) is 0 Å². The van der Waals surface area contributed by atoms with Crippen molar-refractivity contribution < 1.29 is 37.8 Å². The van der Waals surface area contributed by atoms with E-state index in [0.717, 1.165) is 5.56 Å². The number of carbonyl (C=O) groups excluding carboxylic acids is 5. The Kier molecular flexibility index (Phi) is 13.3. The Balaban J connectivity index is 1.86. The molecule has 0 aromatic heterocycles. The van der Waals surface area contributed by atoms with Crippen LogP contribution < -0.4 is 21.3 Å². The number of ether oxygens (including phenoxy) is 2. The fraction of sp³-hybridized carbons (Fsp3) is 0.441. The van der Waals surface area contributed by atoms with E-state index < -0.39 is 53.4 Å². The normalized spacial score (nSPS) is 16.5. The smallest absolute Gasteiger partial charge is 0.408 e. The third-order valence-electron chi connectivity index (χ3n) is 7.06. The fourth-order valence-electron chi connectivity index (χ4n) is 4.88. The summed E-state index contributed by atoms with van der Waals surface area (Å²) in [6, 6.07) is 11.5. The summed E-state index contributed by atoms with van der Waals surface area (Å²) in [5.41, 5.74) is 0.492. The van der Waals surface area contributed by atoms with Gasteiger partial charge >= 0.3 is 12.1 Å². The predicted octanol–water partition coefficient (Wildman–Crippen LogP) is 3.12. The van der Waals surface area contributed by atoms with E-state index in [1.54, 1.807) is 39.8 Å². The van der Waals surface area contributed by atoms with Gasteiger partial charge in [0.25, 0.3) is 0 Å². The van der Waals surface area contributed by atoms with Crippen LogP contribution in [0.1, 0.15) is 51.7 Å². The summed E-state index contributed by atoms with van der Waals surface area (Å²) in [6.07, 6.45) is 2.74. The number of halogens is 1. The molecule has 0 unspecified atom stereocenters. The van der Waals surface area contributed by atoms with Crippen molar-refractivity contribution in [2.45, 2.75) is 77.1 Å². The number of hydrogen-bond donors (Lipinski definition) is 4. The second-order valence-electron chi connectivity index (χ2n) is 12.0. The lowest BCUT2D eigenvalue weighted by molar-refractivity contribution is -0.137. The third-order valence-corrected chi connectivity index (χ3v) is 7.06. The number of benzene rings is 2. The van der Waals surface area contributed by atoms with Crippen molar-refractivity contribution in [2.24, 2.45) is 5.92 Å². The van der Waals surface area contributed by atoms with E-state index in [1.165, 1.54) is 36.4 Å². The largest absolute Gasteiger partial charge is 0.463 e. The maximum absolute atomic E-state index is 13.8. The molecule has 0 aliphatic carbocycles. The molecule has 11 nitrogen and oxygen atoms in total. The molecule has 4 amide bonds. The van der Waals surface area contributed by atoms with Crippen molar-refractivity contribution in [3.8, 4) is 0 Å². The summed E-state index contributed by atoms with van der Waals surface area (Å²) < 4.78 is 23.9. The first-order chi connectivity index (χ1) is 21.8. The van der Waals surface area contributed by atoms with Gasteiger partial charge in [0.15, 0.2) is 0 Å². The second kappa shape index (κ2) is 17.1. The van der Waals surface area contributed by atoms with E-state index in [0.29, 0.717) is 18.5 Å². The van der Waals surface area contributed by atoms with Crippen LogP contribution in [-0.4, -0.2) is 66.7 Å².